The molecule has 0 radical (unpaired) electrons. The van der Waals surface area contributed by atoms with Gasteiger partial charge in [0.15, 0.2) is 0 Å². The van der Waals surface area contributed by atoms with E-state index in [9.17, 15) is 18.0 Å². The van der Waals surface area contributed by atoms with Crippen molar-refractivity contribution in [3.05, 3.63) is 131 Å². The Bertz CT molecular complexity index is 1700. The Morgan fingerprint density at radius 2 is 1.86 bits per heavy atom. The van der Waals surface area contributed by atoms with Gasteiger partial charge in [-0.3, -0.25) is 4.79 Å². The number of nitrogens with one attached hydrogen (secondary N) is 2. The molecule has 0 atom stereocenters. The third-order valence-electron chi connectivity index (χ3n) is 7.11. The molecule has 220 valence electrons. The van der Waals surface area contributed by atoms with E-state index in [-0.39, 0.29) is 11.4 Å². The number of nitrogens with zero attached hydrogens (tertiary/aromatic N) is 3. The number of hydrogen-bond acceptors (Lipinski definition) is 4. The summed E-state index contributed by atoms with van der Waals surface area (Å²) in [5, 5.41) is 5.94. The third-order valence-corrected chi connectivity index (χ3v) is 7.11. The predicted octanol–water partition coefficient (Wildman–Crippen LogP) is 8.64. The highest BCUT2D eigenvalue weighted by Gasteiger charge is 2.31. The van der Waals surface area contributed by atoms with Crippen molar-refractivity contribution in [2.45, 2.75) is 45.7 Å². The zero-order chi connectivity index (χ0) is 30.4. The maximum atomic E-state index is 13.7. The standard InChI is InChI=1S/C34H32F3N5O/c1-23-13-14-27(33(43)40-29-18-28(34(35,36)37)19-30(20-29)42-21-24(2)39-22-42)17-31(23)41-32-12-8-11-26(15-16-38-32)25-9-6-4-3-5-7-10-25/h3-4,6,9-10,12-22,41H,5,7-8,11H2,1-2H3,(H,40,43)/b4-3+,9-6-,25-10+,26-15?,32-12+,38-16-. The van der Waals surface area contributed by atoms with Crippen LogP contribution >= 0.6 is 0 Å². The number of hydrogen-bond donors (Lipinski definition) is 2. The lowest BCUT2D eigenvalue weighted by atomic mass is 9.97. The maximum Gasteiger partial charge on any atom is 0.416 e. The molecule has 0 fully saturated rings. The molecule has 2 aromatic carbocycles. The molecule has 6 nitrogen and oxygen atoms in total. The Morgan fingerprint density at radius 1 is 1.00 bits per heavy atom. The van der Waals surface area contributed by atoms with Crippen molar-refractivity contribution in [1.29, 1.82) is 0 Å². The van der Waals surface area contributed by atoms with Gasteiger partial charge in [0, 0.05) is 35.0 Å². The van der Waals surface area contributed by atoms with E-state index in [1.165, 1.54) is 28.1 Å². The molecule has 0 spiro atoms. The van der Waals surface area contributed by atoms with Gasteiger partial charge < -0.3 is 15.2 Å². The number of aryl methyl sites for hydroxylation is 2. The molecule has 2 aliphatic rings. The Labute approximate surface area is 248 Å². The molecular weight excluding hydrogens is 551 g/mol. The smallest absolute Gasteiger partial charge is 0.340 e. The molecule has 1 aliphatic heterocycles. The summed E-state index contributed by atoms with van der Waals surface area (Å²) >= 11 is 0. The molecular formula is C34H32F3N5O. The number of anilines is 2. The number of allylic oxidation sites excluding steroid dienone is 9. The summed E-state index contributed by atoms with van der Waals surface area (Å²) < 4.78 is 42.5. The molecule has 1 amide bonds. The van der Waals surface area contributed by atoms with Gasteiger partial charge in [0.2, 0.25) is 0 Å². The van der Waals surface area contributed by atoms with Gasteiger partial charge in [-0.1, -0.05) is 36.4 Å². The van der Waals surface area contributed by atoms with Gasteiger partial charge in [0.1, 0.15) is 5.82 Å². The van der Waals surface area contributed by atoms with Crippen LogP contribution < -0.4 is 10.6 Å². The normalized spacial score (nSPS) is 20.1. The van der Waals surface area contributed by atoms with E-state index in [0.29, 0.717) is 22.8 Å². The highest BCUT2D eigenvalue weighted by molar-refractivity contribution is 6.05. The van der Waals surface area contributed by atoms with E-state index >= 15 is 0 Å². The Hall–Kier alpha value is -4.92. The fraction of sp³-hybridized carbons (Fsp3) is 0.206. The Morgan fingerprint density at radius 3 is 2.65 bits per heavy atom. The number of rotatable bonds is 6. The molecule has 0 bridgehead atoms. The summed E-state index contributed by atoms with van der Waals surface area (Å²) in [4.78, 5) is 21.9. The number of alkyl halides is 3. The molecule has 1 aromatic heterocycles. The van der Waals surface area contributed by atoms with Crippen LogP contribution in [0, 0.1) is 13.8 Å². The van der Waals surface area contributed by atoms with Crippen molar-refractivity contribution in [1.82, 2.24) is 9.55 Å². The van der Waals surface area contributed by atoms with Crippen LogP contribution in [-0.2, 0) is 6.18 Å². The van der Waals surface area contributed by atoms with Crippen molar-refractivity contribution < 1.29 is 18.0 Å². The second-order valence-corrected chi connectivity index (χ2v) is 10.4. The number of halogens is 3. The molecule has 43 heavy (non-hydrogen) atoms. The number of aliphatic imine (C=N–C) groups is 1. The number of aromatic nitrogens is 2. The minimum atomic E-state index is -4.59. The van der Waals surface area contributed by atoms with E-state index in [4.69, 9.17) is 0 Å². The van der Waals surface area contributed by atoms with Gasteiger partial charge in [-0.2, -0.15) is 13.2 Å². The second-order valence-electron chi connectivity index (χ2n) is 10.4. The molecule has 2 N–H and O–H groups in total. The van der Waals surface area contributed by atoms with Crippen molar-refractivity contribution in [3.63, 3.8) is 0 Å². The third kappa shape index (κ3) is 7.68. The summed E-state index contributed by atoms with van der Waals surface area (Å²) in [5.74, 6) is 0.118. The first-order chi connectivity index (χ1) is 20.7. The van der Waals surface area contributed by atoms with Gasteiger partial charge in [-0.05, 0) is 98.7 Å². The molecule has 0 unspecified atom stereocenters. The van der Waals surface area contributed by atoms with Gasteiger partial charge in [0.05, 0.1) is 17.6 Å². The SMILES string of the molecule is Cc1cn(-c2cc(NC(=O)c3ccc(C)c(NC4=C/CCC(C5=C/CC/C=C/C=C\5)=C/C=N\4)c3)cc(C(F)(F)F)c2)cn1. The first-order valence-electron chi connectivity index (χ1n) is 14.0. The van der Waals surface area contributed by atoms with E-state index in [1.54, 1.807) is 37.5 Å². The minimum Gasteiger partial charge on any atom is -0.340 e. The highest BCUT2D eigenvalue weighted by Crippen LogP contribution is 2.33. The van der Waals surface area contributed by atoms with Gasteiger partial charge in [0.25, 0.3) is 5.91 Å². The Balaban J connectivity index is 1.33. The van der Waals surface area contributed by atoms with Crippen LogP contribution in [0.1, 0.15) is 52.9 Å². The fourth-order valence-corrected chi connectivity index (χ4v) is 4.80. The summed E-state index contributed by atoms with van der Waals surface area (Å²) in [7, 11) is 0. The van der Waals surface area contributed by atoms with Crippen molar-refractivity contribution in [2.75, 3.05) is 10.6 Å². The van der Waals surface area contributed by atoms with Gasteiger partial charge in [-0.15, -0.1) is 0 Å². The predicted molar refractivity (Wildman–Crippen MR) is 166 cm³/mol. The average molecular weight is 584 g/mol. The summed E-state index contributed by atoms with van der Waals surface area (Å²) in [6.07, 6.45) is 18.6. The number of amides is 1. The molecule has 2 heterocycles. The zero-order valence-electron chi connectivity index (χ0n) is 23.9. The molecule has 3 aromatic rings. The van der Waals surface area contributed by atoms with Crippen molar-refractivity contribution >= 4 is 23.5 Å². The van der Waals surface area contributed by atoms with Crippen LogP contribution in [0.2, 0.25) is 0 Å². The highest BCUT2D eigenvalue weighted by atomic mass is 19.4. The molecule has 5 rings (SSSR count). The maximum absolute atomic E-state index is 13.7. The molecule has 9 heteroatoms. The lowest BCUT2D eigenvalue weighted by Gasteiger charge is -2.15. The quantitative estimate of drug-likeness (QED) is 0.305. The summed E-state index contributed by atoms with van der Waals surface area (Å²) in [6, 6.07) is 8.53. The monoisotopic (exact) mass is 583 g/mol. The molecule has 1 aliphatic carbocycles. The summed E-state index contributed by atoms with van der Waals surface area (Å²) in [6.45, 7) is 3.65. The van der Waals surface area contributed by atoms with Crippen LogP contribution in [0.25, 0.3) is 5.69 Å². The topological polar surface area (TPSA) is 71.3 Å². The van der Waals surface area contributed by atoms with Crippen molar-refractivity contribution in [3.8, 4) is 5.69 Å². The molecule has 0 saturated carbocycles. The van der Waals surface area contributed by atoms with Crippen LogP contribution in [0.5, 0.6) is 0 Å². The number of imidazole rings is 1. The van der Waals surface area contributed by atoms with Crippen LogP contribution in [0.4, 0.5) is 24.5 Å². The van der Waals surface area contributed by atoms with Gasteiger partial charge in [-0.25, -0.2) is 9.98 Å². The van der Waals surface area contributed by atoms with Crippen LogP contribution in [0.3, 0.4) is 0 Å². The van der Waals surface area contributed by atoms with E-state index < -0.39 is 17.6 Å². The average Bonchev–Trinajstić information content (AvgIpc) is 3.37. The van der Waals surface area contributed by atoms with E-state index in [0.717, 1.165) is 43.4 Å². The van der Waals surface area contributed by atoms with E-state index in [1.807, 2.05) is 19.1 Å². The largest absolute Gasteiger partial charge is 0.416 e. The van der Waals surface area contributed by atoms with Gasteiger partial charge >= 0.3 is 6.18 Å². The number of carbonyl (C=O) groups excluding carboxylic acids is 1. The van der Waals surface area contributed by atoms with Crippen molar-refractivity contribution in [2.24, 2.45) is 4.99 Å². The second kappa shape index (κ2) is 12.9. The van der Waals surface area contributed by atoms with Crippen LogP contribution in [0.15, 0.2) is 113 Å². The molecule has 0 saturated heterocycles. The van der Waals surface area contributed by atoms with E-state index in [2.05, 4.69) is 51.0 Å². The minimum absolute atomic E-state index is 0.0245. The summed E-state index contributed by atoms with van der Waals surface area (Å²) in [5.41, 5.74) is 4.34. The van der Waals surface area contributed by atoms with Crippen LogP contribution in [-0.4, -0.2) is 21.7 Å². The Kier molecular flexibility index (Phi) is 8.90. The number of carbonyl (C=O) groups is 1. The lowest BCUT2D eigenvalue weighted by Crippen LogP contribution is -2.14. The zero-order valence-corrected chi connectivity index (χ0v) is 23.9. The first kappa shape index (κ1) is 29.6. The number of benzene rings is 2. The first-order valence-corrected chi connectivity index (χ1v) is 14.0. The fourth-order valence-electron chi connectivity index (χ4n) is 4.80. The lowest BCUT2D eigenvalue weighted by molar-refractivity contribution is -0.137.